The molecule has 1 amide bonds. The van der Waals surface area contributed by atoms with Crippen LogP contribution in [0.3, 0.4) is 0 Å². The zero-order valence-corrected chi connectivity index (χ0v) is 24.8. The number of H-pyrrole nitrogens is 1. The number of nitrogens with one attached hydrogen (secondary N) is 1. The standard InChI is InChI=1S/C29H37N7O5S/c1-3-16-41-25-11-10-22(42(39,40)35-14-12-33(4-2)13-15-35)17-23(25)28-31-24-19-34(20-26(30)37)36(27(24)29(38)32-28)18-21-8-6-5-7-9-21/h5-11,17H,3-4,12-16,18-20H2,1-2H3,(H2,30,37)(H,31,32,38). The van der Waals surface area contributed by atoms with Crippen LogP contribution in [0.1, 0.15) is 31.5 Å². The van der Waals surface area contributed by atoms with E-state index in [1.54, 1.807) is 16.1 Å². The quantitative estimate of drug-likeness (QED) is 0.339. The second-order valence-electron chi connectivity index (χ2n) is 10.4. The Morgan fingerprint density at radius 2 is 1.81 bits per heavy atom. The van der Waals surface area contributed by atoms with Crippen molar-refractivity contribution in [2.24, 2.45) is 5.73 Å². The van der Waals surface area contributed by atoms with Gasteiger partial charge in [-0.2, -0.15) is 4.31 Å². The molecule has 0 aliphatic carbocycles. The van der Waals surface area contributed by atoms with Crippen molar-refractivity contribution >= 4 is 21.6 Å². The molecule has 1 saturated heterocycles. The third-order valence-electron chi connectivity index (χ3n) is 7.50. The molecule has 2 aromatic carbocycles. The van der Waals surface area contributed by atoms with Gasteiger partial charge in [-0.15, -0.1) is 0 Å². The smallest absolute Gasteiger partial charge is 0.276 e. The molecule has 12 nitrogen and oxygen atoms in total. The summed E-state index contributed by atoms with van der Waals surface area (Å²) >= 11 is 0. The van der Waals surface area contributed by atoms with Crippen LogP contribution >= 0.6 is 0 Å². The molecule has 13 heteroatoms. The van der Waals surface area contributed by atoms with E-state index in [-0.39, 0.29) is 23.8 Å². The van der Waals surface area contributed by atoms with Gasteiger partial charge in [0, 0.05) is 26.2 Å². The van der Waals surface area contributed by atoms with Crippen LogP contribution in [0.25, 0.3) is 11.4 Å². The summed E-state index contributed by atoms with van der Waals surface area (Å²) in [6.07, 6.45) is 0.742. The van der Waals surface area contributed by atoms with Crippen LogP contribution < -0.4 is 21.0 Å². The maximum atomic E-state index is 13.6. The van der Waals surface area contributed by atoms with Crippen LogP contribution in [-0.4, -0.2) is 84.4 Å². The third-order valence-corrected chi connectivity index (χ3v) is 9.39. The van der Waals surface area contributed by atoms with Crippen molar-refractivity contribution in [2.75, 3.05) is 50.9 Å². The number of anilines is 1. The fraction of sp³-hybridized carbons (Fsp3) is 0.414. The number of benzene rings is 2. The van der Waals surface area contributed by atoms with E-state index in [1.165, 1.54) is 16.4 Å². The maximum Gasteiger partial charge on any atom is 0.276 e. The molecular weight excluding hydrogens is 558 g/mol. The van der Waals surface area contributed by atoms with Crippen molar-refractivity contribution in [2.45, 2.75) is 38.3 Å². The lowest BCUT2D eigenvalue weighted by Crippen LogP contribution is -2.48. The topological polar surface area (TPSA) is 145 Å². The van der Waals surface area contributed by atoms with Gasteiger partial charge in [-0.1, -0.05) is 44.2 Å². The fourth-order valence-electron chi connectivity index (χ4n) is 5.30. The molecule has 1 fully saturated rings. The number of hydrogen-bond acceptors (Lipinski definition) is 9. The Morgan fingerprint density at radius 1 is 1.07 bits per heavy atom. The lowest BCUT2D eigenvalue weighted by atomic mass is 10.1. The van der Waals surface area contributed by atoms with Crippen molar-refractivity contribution in [3.63, 3.8) is 0 Å². The first-order chi connectivity index (χ1) is 20.2. The largest absolute Gasteiger partial charge is 0.493 e. The number of amides is 1. The molecule has 0 radical (unpaired) electrons. The van der Waals surface area contributed by atoms with Crippen LogP contribution in [0.4, 0.5) is 5.69 Å². The number of primary amides is 1. The lowest BCUT2D eigenvalue weighted by Gasteiger charge is -2.33. The third kappa shape index (κ3) is 6.19. The van der Waals surface area contributed by atoms with Crippen molar-refractivity contribution in [1.29, 1.82) is 0 Å². The fourth-order valence-corrected chi connectivity index (χ4v) is 6.75. The molecule has 3 aromatic rings. The molecule has 0 unspecified atom stereocenters. The number of hydrazine groups is 1. The molecule has 1 aromatic heterocycles. The number of ether oxygens (including phenoxy) is 1. The zero-order valence-electron chi connectivity index (χ0n) is 24.0. The molecule has 3 heterocycles. The molecule has 2 aliphatic rings. The number of aromatic nitrogens is 2. The van der Waals surface area contributed by atoms with Gasteiger partial charge >= 0.3 is 0 Å². The first kappa shape index (κ1) is 29.7. The van der Waals surface area contributed by atoms with Gasteiger partial charge in [-0.3, -0.25) is 14.6 Å². The summed E-state index contributed by atoms with van der Waals surface area (Å²) in [7, 11) is -3.79. The van der Waals surface area contributed by atoms with E-state index in [0.717, 1.165) is 18.5 Å². The van der Waals surface area contributed by atoms with Crippen molar-refractivity contribution < 1.29 is 17.9 Å². The Kier molecular flexibility index (Phi) is 8.92. The van der Waals surface area contributed by atoms with E-state index in [4.69, 9.17) is 15.5 Å². The Bertz CT molecular complexity index is 1590. The second kappa shape index (κ2) is 12.6. The molecule has 0 saturated carbocycles. The van der Waals surface area contributed by atoms with E-state index in [0.29, 0.717) is 62.0 Å². The average Bonchev–Trinajstić information content (AvgIpc) is 3.32. The summed E-state index contributed by atoms with van der Waals surface area (Å²) < 4.78 is 34.7. The van der Waals surface area contributed by atoms with Gasteiger partial charge in [-0.25, -0.2) is 18.4 Å². The molecule has 224 valence electrons. The van der Waals surface area contributed by atoms with Gasteiger partial charge in [0.15, 0.2) is 0 Å². The summed E-state index contributed by atoms with van der Waals surface area (Å²) in [5, 5.41) is 3.41. The second-order valence-corrected chi connectivity index (χ2v) is 12.3. The minimum absolute atomic E-state index is 0.0954. The Hall–Kier alpha value is -3.78. The lowest BCUT2D eigenvalue weighted by molar-refractivity contribution is -0.119. The summed E-state index contributed by atoms with van der Waals surface area (Å²) in [6.45, 7) is 7.89. The van der Waals surface area contributed by atoms with Crippen LogP contribution in [0.15, 0.2) is 58.2 Å². The number of carbonyl (C=O) groups is 1. The maximum absolute atomic E-state index is 13.6. The van der Waals surface area contributed by atoms with Crippen LogP contribution in [0.5, 0.6) is 5.75 Å². The summed E-state index contributed by atoms with van der Waals surface area (Å²) in [5.41, 5.74) is 7.20. The molecule has 3 N–H and O–H groups in total. The van der Waals surface area contributed by atoms with Gasteiger partial charge < -0.3 is 20.4 Å². The summed E-state index contributed by atoms with van der Waals surface area (Å²) in [6, 6.07) is 14.3. The predicted molar refractivity (Wildman–Crippen MR) is 159 cm³/mol. The van der Waals surface area contributed by atoms with E-state index < -0.39 is 21.5 Å². The molecule has 0 atom stereocenters. The number of likely N-dealkylation sites (N-methyl/N-ethyl adjacent to an activating group) is 1. The summed E-state index contributed by atoms with van der Waals surface area (Å²) in [4.78, 5) is 35.4. The van der Waals surface area contributed by atoms with Crippen LogP contribution in [-0.2, 0) is 27.9 Å². The number of nitrogens with two attached hydrogens (primary N) is 1. The monoisotopic (exact) mass is 595 g/mol. The number of nitrogens with zero attached hydrogens (tertiary/aromatic N) is 5. The first-order valence-corrected chi connectivity index (χ1v) is 15.6. The number of piperazine rings is 1. The number of fused-ring (bicyclic) bond motifs is 1. The first-order valence-electron chi connectivity index (χ1n) is 14.2. The van der Waals surface area contributed by atoms with E-state index in [9.17, 15) is 18.0 Å². The van der Waals surface area contributed by atoms with E-state index in [2.05, 4.69) is 16.8 Å². The van der Waals surface area contributed by atoms with Crippen molar-refractivity contribution in [1.82, 2.24) is 24.2 Å². The van der Waals surface area contributed by atoms with Crippen LogP contribution in [0.2, 0.25) is 0 Å². The highest BCUT2D eigenvalue weighted by atomic mass is 32.2. The van der Waals surface area contributed by atoms with Crippen molar-refractivity contribution in [3.05, 3.63) is 70.1 Å². The molecule has 2 aliphatic heterocycles. The minimum Gasteiger partial charge on any atom is -0.493 e. The minimum atomic E-state index is -3.79. The number of carbonyl (C=O) groups excluding carboxylic acids is 1. The van der Waals surface area contributed by atoms with Gasteiger partial charge in [0.1, 0.15) is 17.3 Å². The number of aromatic amines is 1. The Labute approximate surface area is 245 Å². The number of sulfonamides is 1. The molecule has 0 spiro atoms. The number of rotatable bonds is 11. The average molecular weight is 596 g/mol. The Balaban J connectivity index is 1.54. The Morgan fingerprint density at radius 3 is 2.48 bits per heavy atom. The number of hydrogen-bond donors (Lipinski definition) is 2. The molecule has 0 bridgehead atoms. The zero-order chi connectivity index (χ0) is 29.9. The van der Waals surface area contributed by atoms with Crippen molar-refractivity contribution in [3.8, 4) is 17.1 Å². The van der Waals surface area contributed by atoms with Crippen LogP contribution in [0, 0.1) is 0 Å². The molecule has 42 heavy (non-hydrogen) atoms. The molecular formula is C29H37N7O5S. The summed E-state index contributed by atoms with van der Waals surface area (Å²) in [5.74, 6) is 0.0755. The van der Waals surface area contributed by atoms with Gasteiger partial charge in [0.2, 0.25) is 15.9 Å². The molecule has 5 rings (SSSR count). The SMILES string of the molecule is CCCOc1ccc(S(=O)(=O)N2CCN(CC)CC2)cc1-c1nc2c(c(=O)[nH]1)N(Cc1ccccc1)N(CC(N)=O)C2. The highest BCUT2D eigenvalue weighted by Gasteiger charge is 2.34. The van der Waals surface area contributed by atoms with Gasteiger partial charge in [0.25, 0.3) is 5.56 Å². The van der Waals surface area contributed by atoms with E-state index >= 15 is 0 Å². The highest BCUT2D eigenvalue weighted by molar-refractivity contribution is 7.89. The normalized spacial score (nSPS) is 16.5. The van der Waals surface area contributed by atoms with Gasteiger partial charge in [0.05, 0.1) is 42.4 Å². The predicted octanol–water partition coefficient (Wildman–Crippen LogP) is 1.77. The van der Waals surface area contributed by atoms with E-state index in [1.807, 2.05) is 37.3 Å². The highest BCUT2D eigenvalue weighted by Crippen LogP contribution is 2.34. The van der Waals surface area contributed by atoms with Gasteiger partial charge in [-0.05, 0) is 36.7 Å².